The van der Waals surface area contributed by atoms with E-state index in [1.54, 1.807) is 0 Å². The largest absolute Gasteiger partial charge is 0.390 e. The van der Waals surface area contributed by atoms with Crippen molar-refractivity contribution >= 4 is 5.96 Å². The van der Waals surface area contributed by atoms with Crippen molar-refractivity contribution < 1.29 is 5.11 Å². The van der Waals surface area contributed by atoms with Gasteiger partial charge in [0.2, 0.25) is 0 Å². The first-order valence-corrected chi connectivity index (χ1v) is 9.25. The van der Waals surface area contributed by atoms with Crippen LogP contribution in [0.1, 0.15) is 16.7 Å². The van der Waals surface area contributed by atoms with Gasteiger partial charge in [-0.2, -0.15) is 0 Å². The van der Waals surface area contributed by atoms with Crippen LogP contribution >= 0.6 is 0 Å². The van der Waals surface area contributed by atoms with Crippen LogP contribution in [0.25, 0.3) is 0 Å². The highest BCUT2D eigenvalue weighted by molar-refractivity contribution is 5.77. The molecule has 0 amide bonds. The maximum atomic E-state index is 10.3. The molecule has 138 valence electrons. The summed E-state index contributed by atoms with van der Waals surface area (Å²) in [7, 11) is 0. The fourth-order valence-corrected chi connectivity index (χ4v) is 3.30. The minimum Gasteiger partial charge on any atom is -0.390 e. The molecule has 0 saturated heterocycles. The second-order valence-corrected chi connectivity index (χ2v) is 6.80. The lowest BCUT2D eigenvalue weighted by atomic mass is 10.00. The topological polar surface area (TPSA) is 73.9 Å². The molecule has 1 aliphatic heterocycles. The van der Waals surface area contributed by atoms with E-state index in [9.17, 15) is 5.11 Å². The van der Waals surface area contributed by atoms with Gasteiger partial charge in [0.1, 0.15) is 0 Å². The van der Waals surface area contributed by atoms with Crippen molar-refractivity contribution in [3.63, 3.8) is 0 Å². The lowest BCUT2D eigenvalue weighted by molar-refractivity contribution is 0.112. The second-order valence-electron chi connectivity index (χ2n) is 6.80. The number of benzene rings is 2. The summed E-state index contributed by atoms with van der Waals surface area (Å²) in [6, 6.07) is 18.8. The molecule has 0 aliphatic carbocycles. The summed E-state index contributed by atoms with van der Waals surface area (Å²) in [6.45, 7) is 3.54. The lowest BCUT2D eigenvalue weighted by Crippen LogP contribution is -2.39. The molecule has 4 N–H and O–H groups in total. The number of aliphatic imine (C=N–C) groups is 1. The predicted molar refractivity (Wildman–Crippen MR) is 106 cm³/mol. The van der Waals surface area contributed by atoms with Crippen molar-refractivity contribution in [2.45, 2.75) is 25.5 Å². The van der Waals surface area contributed by atoms with E-state index in [4.69, 9.17) is 5.73 Å². The Labute approximate surface area is 155 Å². The quantitative estimate of drug-likeness (QED) is 0.522. The Balaban J connectivity index is 1.38. The standard InChI is InChI=1S/C21H28N4O/c22-21(23-12-10-17-6-2-1-3-7-17)24-14-20(26)16-25-13-11-18-8-4-5-9-19(18)15-25/h1-9,20,26H,10-16H2,(H3,22,23,24). The fourth-order valence-electron chi connectivity index (χ4n) is 3.30. The summed E-state index contributed by atoms with van der Waals surface area (Å²) < 4.78 is 0. The predicted octanol–water partition coefficient (Wildman–Crippen LogP) is 1.55. The third-order valence-corrected chi connectivity index (χ3v) is 4.71. The van der Waals surface area contributed by atoms with Gasteiger partial charge in [-0.1, -0.05) is 54.6 Å². The number of nitrogens with zero attached hydrogens (tertiary/aromatic N) is 2. The number of aliphatic hydroxyl groups excluding tert-OH is 1. The highest BCUT2D eigenvalue weighted by atomic mass is 16.3. The van der Waals surface area contributed by atoms with Crippen molar-refractivity contribution in [1.29, 1.82) is 0 Å². The first-order valence-electron chi connectivity index (χ1n) is 9.25. The molecule has 1 heterocycles. The van der Waals surface area contributed by atoms with Gasteiger partial charge >= 0.3 is 0 Å². The molecule has 0 spiro atoms. The van der Waals surface area contributed by atoms with E-state index in [2.05, 4.69) is 51.6 Å². The highest BCUT2D eigenvalue weighted by Gasteiger charge is 2.18. The Kier molecular flexibility index (Phi) is 6.63. The number of hydrogen-bond donors (Lipinski definition) is 3. The molecule has 5 nitrogen and oxygen atoms in total. The summed E-state index contributed by atoms with van der Waals surface area (Å²) in [5.74, 6) is 0.393. The van der Waals surface area contributed by atoms with Gasteiger partial charge in [0, 0.05) is 26.2 Å². The van der Waals surface area contributed by atoms with Crippen LogP contribution in [0.2, 0.25) is 0 Å². The number of fused-ring (bicyclic) bond motifs is 1. The van der Waals surface area contributed by atoms with Gasteiger partial charge in [-0.15, -0.1) is 0 Å². The van der Waals surface area contributed by atoms with Crippen molar-refractivity contribution in [3.8, 4) is 0 Å². The molecule has 0 fully saturated rings. The number of hydrogen-bond acceptors (Lipinski definition) is 3. The molecule has 0 aromatic heterocycles. The van der Waals surface area contributed by atoms with Gasteiger partial charge < -0.3 is 16.2 Å². The van der Waals surface area contributed by atoms with Crippen LogP contribution in [0.15, 0.2) is 59.6 Å². The Morgan fingerprint density at radius 3 is 2.65 bits per heavy atom. The van der Waals surface area contributed by atoms with E-state index in [1.807, 2.05) is 18.2 Å². The van der Waals surface area contributed by atoms with Crippen molar-refractivity contribution in [2.75, 3.05) is 26.2 Å². The van der Waals surface area contributed by atoms with Gasteiger partial charge in [-0.3, -0.25) is 9.89 Å². The number of nitrogens with one attached hydrogen (secondary N) is 1. The van der Waals surface area contributed by atoms with E-state index >= 15 is 0 Å². The monoisotopic (exact) mass is 352 g/mol. The van der Waals surface area contributed by atoms with E-state index in [0.717, 1.165) is 32.5 Å². The molecule has 2 aromatic rings. The minimum atomic E-state index is -0.505. The Morgan fingerprint density at radius 2 is 1.85 bits per heavy atom. The summed E-state index contributed by atoms with van der Waals surface area (Å²) in [6.07, 6.45) is 1.43. The zero-order chi connectivity index (χ0) is 18.2. The van der Waals surface area contributed by atoms with Gasteiger partial charge in [0.15, 0.2) is 5.96 Å². The SMILES string of the molecule is NC(=NCC(O)CN1CCc2ccccc2C1)NCCc1ccccc1. The van der Waals surface area contributed by atoms with Crippen LogP contribution in [0.3, 0.4) is 0 Å². The van der Waals surface area contributed by atoms with Crippen molar-refractivity contribution in [2.24, 2.45) is 10.7 Å². The molecule has 5 heteroatoms. The summed E-state index contributed by atoms with van der Waals surface area (Å²) >= 11 is 0. The van der Waals surface area contributed by atoms with E-state index in [-0.39, 0.29) is 0 Å². The summed E-state index contributed by atoms with van der Waals surface area (Å²) in [5.41, 5.74) is 9.94. The summed E-state index contributed by atoms with van der Waals surface area (Å²) in [5, 5.41) is 13.4. The first-order chi connectivity index (χ1) is 12.7. The van der Waals surface area contributed by atoms with Gasteiger partial charge in [-0.25, -0.2) is 0 Å². The molecule has 1 unspecified atom stereocenters. The molecular weight excluding hydrogens is 324 g/mol. The van der Waals surface area contributed by atoms with Crippen LogP contribution < -0.4 is 11.1 Å². The third kappa shape index (κ3) is 5.58. The van der Waals surface area contributed by atoms with E-state index in [0.29, 0.717) is 19.0 Å². The average molecular weight is 352 g/mol. The van der Waals surface area contributed by atoms with Gasteiger partial charge in [0.05, 0.1) is 12.6 Å². The second kappa shape index (κ2) is 9.36. The van der Waals surface area contributed by atoms with Crippen LogP contribution in [0, 0.1) is 0 Å². The first kappa shape index (κ1) is 18.4. The smallest absolute Gasteiger partial charge is 0.188 e. The van der Waals surface area contributed by atoms with Gasteiger partial charge in [-0.05, 0) is 29.5 Å². The highest BCUT2D eigenvalue weighted by Crippen LogP contribution is 2.18. The molecular formula is C21H28N4O. The molecule has 2 aromatic carbocycles. The zero-order valence-electron chi connectivity index (χ0n) is 15.1. The van der Waals surface area contributed by atoms with Crippen LogP contribution in [-0.4, -0.2) is 48.2 Å². The Morgan fingerprint density at radius 1 is 1.12 bits per heavy atom. The van der Waals surface area contributed by atoms with Crippen LogP contribution in [0.5, 0.6) is 0 Å². The number of guanidine groups is 1. The number of aliphatic hydroxyl groups is 1. The normalized spacial score (nSPS) is 16.1. The molecule has 0 saturated carbocycles. The average Bonchev–Trinajstić information content (AvgIpc) is 2.67. The Hall–Kier alpha value is -2.37. The number of rotatable bonds is 7. The molecule has 1 atom stereocenters. The van der Waals surface area contributed by atoms with Crippen molar-refractivity contribution in [1.82, 2.24) is 10.2 Å². The third-order valence-electron chi connectivity index (χ3n) is 4.71. The molecule has 1 aliphatic rings. The molecule has 0 bridgehead atoms. The maximum Gasteiger partial charge on any atom is 0.188 e. The maximum absolute atomic E-state index is 10.3. The minimum absolute atomic E-state index is 0.322. The lowest BCUT2D eigenvalue weighted by Gasteiger charge is -2.30. The molecule has 0 radical (unpaired) electrons. The van der Waals surface area contributed by atoms with E-state index in [1.165, 1.54) is 16.7 Å². The molecule has 26 heavy (non-hydrogen) atoms. The van der Waals surface area contributed by atoms with Gasteiger partial charge in [0.25, 0.3) is 0 Å². The summed E-state index contributed by atoms with van der Waals surface area (Å²) in [4.78, 5) is 6.55. The van der Waals surface area contributed by atoms with Crippen molar-refractivity contribution in [3.05, 3.63) is 71.3 Å². The van der Waals surface area contributed by atoms with E-state index < -0.39 is 6.10 Å². The Bertz CT molecular complexity index is 717. The molecule has 3 rings (SSSR count). The number of β-amino-alcohol motifs (C(OH)–C–C–N with tert-alkyl or cyclic N) is 1. The number of nitrogens with two attached hydrogens (primary N) is 1. The van der Waals surface area contributed by atoms with Crippen LogP contribution in [0.4, 0.5) is 0 Å². The van der Waals surface area contributed by atoms with Crippen LogP contribution in [-0.2, 0) is 19.4 Å². The fraction of sp³-hybridized carbons (Fsp3) is 0.381. The zero-order valence-corrected chi connectivity index (χ0v) is 15.1.